The third-order valence-electron chi connectivity index (χ3n) is 3.91. The summed E-state index contributed by atoms with van der Waals surface area (Å²) in [6.45, 7) is 3.77. The SMILES string of the molecule is CCc1nn(C2CCCCC2O)c(CC)c1[N+](=O)[O-]. The lowest BCUT2D eigenvalue weighted by Gasteiger charge is -2.28. The average Bonchev–Trinajstić information content (AvgIpc) is 2.77. The first-order valence-corrected chi connectivity index (χ1v) is 7.02. The summed E-state index contributed by atoms with van der Waals surface area (Å²) in [5.74, 6) is 0. The second-order valence-electron chi connectivity index (χ2n) is 5.07. The van der Waals surface area contributed by atoms with E-state index in [4.69, 9.17) is 0 Å². The van der Waals surface area contributed by atoms with Crippen molar-refractivity contribution in [3.8, 4) is 0 Å². The van der Waals surface area contributed by atoms with Crippen molar-refractivity contribution >= 4 is 5.69 Å². The van der Waals surface area contributed by atoms with Crippen LogP contribution in [-0.2, 0) is 12.8 Å². The summed E-state index contributed by atoms with van der Waals surface area (Å²) in [6.07, 6.45) is 4.32. The van der Waals surface area contributed by atoms with E-state index >= 15 is 0 Å². The molecule has 0 saturated heterocycles. The predicted molar refractivity (Wildman–Crippen MR) is 71.1 cm³/mol. The molecule has 1 aromatic heterocycles. The van der Waals surface area contributed by atoms with Crippen LogP contribution in [0.25, 0.3) is 0 Å². The summed E-state index contributed by atoms with van der Waals surface area (Å²) in [5, 5.41) is 25.8. The highest BCUT2D eigenvalue weighted by molar-refractivity contribution is 5.41. The van der Waals surface area contributed by atoms with Crippen molar-refractivity contribution < 1.29 is 10.0 Å². The van der Waals surface area contributed by atoms with E-state index in [2.05, 4.69) is 5.10 Å². The van der Waals surface area contributed by atoms with Gasteiger partial charge in [0.1, 0.15) is 11.4 Å². The fourth-order valence-corrected chi connectivity index (χ4v) is 2.94. The van der Waals surface area contributed by atoms with Gasteiger partial charge in [0.25, 0.3) is 0 Å². The molecule has 0 aromatic carbocycles. The van der Waals surface area contributed by atoms with Crippen molar-refractivity contribution in [2.24, 2.45) is 0 Å². The van der Waals surface area contributed by atoms with Crippen molar-refractivity contribution in [1.82, 2.24) is 9.78 Å². The average molecular weight is 267 g/mol. The van der Waals surface area contributed by atoms with Crippen molar-refractivity contribution in [2.45, 2.75) is 64.5 Å². The van der Waals surface area contributed by atoms with Crippen LogP contribution in [0.4, 0.5) is 5.69 Å². The zero-order valence-corrected chi connectivity index (χ0v) is 11.5. The molecule has 2 rings (SSSR count). The number of aliphatic hydroxyl groups is 1. The quantitative estimate of drug-likeness (QED) is 0.671. The second-order valence-corrected chi connectivity index (χ2v) is 5.07. The third kappa shape index (κ3) is 2.49. The first-order valence-electron chi connectivity index (χ1n) is 7.02. The monoisotopic (exact) mass is 267 g/mol. The number of hydrogen-bond acceptors (Lipinski definition) is 4. The highest BCUT2D eigenvalue weighted by Crippen LogP contribution is 2.34. The Morgan fingerprint density at radius 3 is 2.58 bits per heavy atom. The van der Waals surface area contributed by atoms with Gasteiger partial charge in [-0.25, -0.2) is 0 Å². The lowest BCUT2D eigenvalue weighted by molar-refractivity contribution is -0.386. The molecule has 106 valence electrons. The number of aromatic nitrogens is 2. The maximum absolute atomic E-state index is 11.2. The molecule has 2 atom stereocenters. The van der Waals surface area contributed by atoms with Gasteiger partial charge in [0.15, 0.2) is 0 Å². The smallest absolute Gasteiger partial charge is 0.313 e. The van der Waals surface area contributed by atoms with Crippen LogP contribution in [0, 0.1) is 10.1 Å². The minimum atomic E-state index is -0.441. The van der Waals surface area contributed by atoms with Crippen molar-refractivity contribution in [1.29, 1.82) is 0 Å². The first-order chi connectivity index (χ1) is 9.10. The van der Waals surface area contributed by atoms with Crippen molar-refractivity contribution in [3.63, 3.8) is 0 Å². The van der Waals surface area contributed by atoms with E-state index in [1.54, 1.807) is 4.68 Å². The molecule has 2 unspecified atom stereocenters. The molecule has 19 heavy (non-hydrogen) atoms. The van der Waals surface area contributed by atoms with Crippen LogP contribution in [0.3, 0.4) is 0 Å². The van der Waals surface area contributed by atoms with Gasteiger partial charge >= 0.3 is 5.69 Å². The van der Waals surface area contributed by atoms with Crippen LogP contribution < -0.4 is 0 Å². The normalized spacial score (nSPS) is 23.5. The first kappa shape index (κ1) is 14.0. The molecular formula is C13H21N3O3. The lowest BCUT2D eigenvalue weighted by Crippen LogP contribution is -2.29. The standard InChI is InChI=1S/C13H21N3O3/c1-3-9-13(16(18)19)10(4-2)15(14-9)11-7-5-6-8-12(11)17/h11-12,17H,3-8H2,1-2H3. The Labute approximate surface area is 112 Å². The number of aliphatic hydroxyl groups excluding tert-OH is 1. The Morgan fingerprint density at radius 2 is 2.05 bits per heavy atom. The maximum Gasteiger partial charge on any atom is 0.313 e. The van der Waals surface area contributed by atoms with Crippen LogP contribution in [-0.4, -0.2) is 25.9 Å². The molecule has 1 aliphatic rings. The Balaban J connectivity index is 2.47. The van der Waals surface area contributed by atoms with E-state index < -0.39 is 6.10 Å². The molecule has 6 heteroatoms. The fourth-order valence-electron chi connectivity index (χ4n) is 2.94. The number of hydrogen-bond donors (Lipinski definition) is 1. The summed E-state index contributed by atoms with van der Waals surface area (Å²) in [4.78, 5) is 10.9. The van der Waals surface area contributed by atoms with Gasteiger partial charge in [0.05, 0.1) is 17.1 Å². The van der Waals surface area contributed by atoms with Gasteiger partial charge in [0, 0.05) is 0 Å². The Morgan fingerprint density at radius 1 is 1.37 bits per heavy atom. The molecule has 1 saturated carbocycles. The minimum Gasteiger partial charge on any atom is -0.391 e. The minimum absolute atomic E-state index is 0.109. The molecule has 0 radical (unpaired) electrons. The molecule has 0 aliphatic heterocycles. The molecular weight excluding hydrogens is 246 g/mol. The largest absolute Gasteiger partial charge is 0.391 e. The number of nitrogens with zero attached hydrogens (tertiary/aromatic N) is 3. The topological polar surface area (TPSA) is 81.2 Å². The van der Waals surface area contributed by atoms with E-state index in [9.17, 15) is 15.2 Å². The number of rotatable bonds is 4. The number of nitro groups is 1. The van der Waals surface area contributed by atoms with Gasteiger partial charge < -0.3 is 5.11 Å². The van der Waals surface area contributed by atoms with Crippen LogP contribution in [0.2, 0.25) is 0 Å². The summed E-state index contributed by atoms with van der Waals surface area (Å²) in [6, 6.07) is -0.109. The van der Waals surface area contributed by atoms with Crippen LogP contribution in [0.5, 0.6) is 0 Å². The summed E-state index contributed by atoms with van der Waals surface area (Å²) in [7, 11) is 0. The van der Waals surface area contributed by atoms with E-state index in [0.717, 1.165) is 25.7 Å². The maximum atomic E-state index is 11.2. The molecule has 0 spiro atoms. The second kappa shape index (κ2) is 5.69. The Bertz CT molecular complexity index is 470. The molecule has 1 fully saturated rings. The molecule has 1 aromatic rings. The molecule has 1 heterocycles. The summed E-state index contributed by atoms with van der Waals surface area (Å²) in [5.41, 5.74) is 1.31. The van der Waals surface area contributed by atoms with Gasteiger partial charge in [-0.1, -0.05) is 26.7 Å². The highest BCUT2D eigenvalue weighted by Gasteiger charge is 2.32. The van der Waals surface area contributed by atoms with Crippen molar-refractivity contribution in [3.05, 3.63) is 21.5 Å². The fraction of sp³-hybridized carbons (Fsp3) is 0.769. The highest BCUT2D eigenvalue weighted by atomic mass is 16.6. The number of aryl methyl sites for hydroxylation is 1. The molecule has 0 amide bonds. The zero-order valence-electron chi connectivity index (χ0n) is 11.5. The van der Waals surface area contributed by atoms with E-state index in [1.807, 2.05) is 13.8 Å². The molecule has 1 N–H and O–H groups in total. The van der Waals surface area contributed by atoms with Crippen LogP contribution >= 0.6 is 0 Å². The van der Waals surface area contributed by atoms with E-state index in [1.165, 1.54) is 0 Å². The van der Waals surface area contributed by atoms with Gasteiger partial charge in [-0.2, -0.15) is 5.10 Å². The zero-order chi connectivity index (χ0) is 14.0. The summed E-state index contributed by atoms with van der Waals surface area (Å²) < 4.78 is 1.72. The van der Waals surface area contributed by atoms with Gasteiger partial charge in [-0.3, -0.25) is 14.8 Å². The molecule has 1 aliphatic carbocycles. The third-order valence-corrected chi connectivity index (χ3v) is 3.91. The van der Waals surface area contributed by atoms with Crippen molar-refractivity contribution in [2.75, 3.05) is 0 Å². The summed E-state index contributed by atoms with van der Waals surface area (Å²) >= 11 is 0. The van der Waals surface area contributed by atoms with Gasteiger partial charge in [-0.15, -0.1) is 0 Å². The van der Waals surface area contributed by atoms with Gasteiger partial charge in [-0.05, 0) is 25.7 Å². The van der Waals surface area contributed by atoms with E-state index in [-0.39, 0.29) is 16.7 Å². The van der Waals surface area contributed by atoms with E-state index in [0.29, 0.717) is 24.2 Å². The van der Waals surface area contributed by atoms with Crippen LogP contribution in [0.1, 0.15) is 57.0 Å². The Hall–Kier alpha value is -1.43. The Kier molecular flexibility index (Phi) is 4.19. The van der Waals surface area contributed by atoms with Crippen LogP contribution in [0.15, 0.2) is 0 Å². The molecule has 6 nitrogen and oxygen atoms in total. The van der Waals surface area contributed by atoms with Gasteiger partial charge in [0.2, 0.25) is 0 Å². The predicted octanol–water partition coefficient (Wildman–Crippen LogP) is 2.39. The lowest BCUT2D eigenvalue weighted by atomic mass is 9.92. The molecule has 0 bridgehead atoms.